The number of nitrogens with one attached hydrogen (secondary N) is 1. The summed E-state index contributed by atoms with van der Waals surface area (Å²) >= 11 is 0. The largest absolute Gasteiger partial charge is 0.326 e. The van der Waals surface area contributed by atoms with E-state index in [9.17, 15) is 4.79 Å². The zero-order valence-corrected chi connectivity index (χ0v) is 14.5. The number of aryl methyl sites for hydroxylation is 1. The number of fused-ring (bicyclic) bond motifs is 1. The van der Waals surface area contributed by atoms with Crippen LogP contribution in [-0.4, -0.2) is 20.3 Å². The molecule has 0 aliphatic rings. The minimum Gasteiger partial charge on any atom is -0.326 e. The van der Waals surface area contributed by atoms with Crippen molar-refractivity contribution in [1.29, 1.82) is 0 Å². The lowest BCUT2D eigenvalue weighted by atomic mass is 9.92. The third kappa shape index (κ3) is 3.79. The highest BCUT2D eigenvalue weighted by Crippen LogP contribution is 2.23. The maximum Gasteiger partial charge on any atom is 0.234 e. The van der Waals surface area contributed by atoms with Crippen LogP contribution in [0.3, 0.4) is 0 Å². The van der Waals surface area contributed by atoms with E-state index in [1.54, 1.807) is 0 Å². The first-order valence-electron chi connectivity index (χ1n) is 8.03. The van der Waals surface area contributed by atoms with Crippen molar-refractivity contribution in [3.05, 3.63) is 48.4 Å². The lowest BCUT2D eigenvalue weighted by Gasteiger charge is -2.17. The molecule has 1 aromatic carbocycles. The van der Waals surface area contributed by atoms with Gasteiger partial charge >= 0.3 is 0 Å². The molecule has 5 nitrogen and oxygen atoms in total. The van der Waals surface area contributed by atoms with Crippen molar-refractivity contribution in [2.75, 3.05) is 5.32 Å². The molecule has 3 rings (SSSR count). The van der Waals surface area contributed by atoms with Crippen LogP contribution in [0.2, 0.25) is 0 Å². The molecule has 0 aliphatic heterocycles. The number of aromatic nitrogens is 3. The first-order chi connectivity index (χ1) is 11.3. The van der Waals surface area contributed by atoms with E-state index in [0.717, 1.165) is 22.6 Å². The molecule has 0 aliphatic carbocycles. The fraction of sp³-hybridized carbons (Fsp3) is 0.316. The summed E-state index contributed by atoms with van der Waals surface area (Å²) in [6.07, 6.45) is 4.40. The number of hydrogen-bond acceptors (Lipinski definition) is 3. The van der Waals surface area contributed by atoms with Gasteiger partial charge in [-0.05, 0) is 30.5 Å². The van der Waals surface area contributed by atoms with Crippen LogP contribution in [0.15, 0.2) is 42.7 Å². The van der Waals surface area contributed by atoms with Gasteiger partial charge in [0.1, 0.15) is 0 Å². The number of hydrogen-bond donors (Lipinski definition) is 1. The average Bonchev–Trinajstić information content (AvgIpc) is 2.89. The molecule has 0 atom stereocenters. The van der Waals surface area contributed by atoms with E-state index in [-0.39, 0.29) is 11.3 Å². The van der Waals surface area contributed by atoms with Gasteiger partial charge in [-0.1, -0.05) is 32.9 Å². The fourth-order valence-corrected chi connectivity index (χ4v) is 2.51. The van der Waals surface area contributed by atoms with Crippen LogP contribution in [0.25, 0.3) is 17.0 Å². The summed E-state index contributed by atoms with van der Waals surface area (Å²) in [4.78, 5) is 21.0. The zero-order chi connectivity index (χ0) is 17.3. The Hall–Kier alpha value is -2.69. The zero-order valence-electron chi connectivity index (χ0n) is 14.5. The number of amides is 1. The Balaban J connectivity index is 1.77. The molecule has 24 heavy (non-hydrogen) atoms. The van der Waals surface area contributed by atoms with E-state index in [4.69, 9.17) is 0 Å². The Kier molecular flexibility index (Phi) is 4.09. The van der Waals surface area contributed by atoms with Crippen LogP contribution in [0.5, 0.6) is 0 Å². The molecule has 1 amide bonds. The Morgan fingerprint density at radius 2 is 1.83 bits per heavy atom. The molecule has 2 heterocycles. The minimum absolute atomic E-state index is 0.0221. The van der Waals surface area contributed by atoms with Gasteiger partial charge in [-0.15, -0.1) is 0 Å². The molecular formula is C19H22N4O. The van der Waals surface area contributed by atoms with Crippen LogP contribution < -0.4 is 5.32 Å². The highest BCUT2D eigenvalue weighted by atomic mass is 16.1. The highest BCUT2D eigenvalue weighted by Gasteiger charge is 2.16. The van der Waals surface area contributed by atoms with Gasteiger partial charge < -0.3 is 5.32 Å². The molecule has 0 bridgehead atoms. The highest BCUT2D eigenvalue weighted by molar-refractivity contribution is 5.91. The summed E-state index contributed by atoms with van der Waals surface area (Å²) in [6.45, 7) is 8.10. The third-order valence-corrected chi connectivity index (χ3v) is 3.62. The van der Waals surface area contributed by atoms with Crippen molar-refractivity contribution in [2.24, 2.45) is 5.41 Å². The summed E-state index contributed by atoms with van der Waals surface area (Å²) in [5, 5.41) is 2.93. The molecule has 5 heteroatoms. The second-order valence-electron chi connectivity index (χ2n) is 7.27. The molecule has 0 saturated carbocycles. The molecular weight excluding hydrogens is 300 g/mol. The third-order valence-electron chi connectivity index (χ3n) is 3.62. The molecule has 0 unspecified atom stereocenters. The van der Waals surface area contributed by atoms with Gasteiger partial charge in [-0.2, -0.15) is 0 Å². The number of carbonyl (C=O) groups is 1. The fourth-order valence-electron chi connectivity index (χ4n) is 2.51. The summed E-state index contributed by atoms with van der Waals surface area (Å²) in [5.74, 6) is 0.718. The van der Waals surface area contributed by atoms with E-state index >= 15 is 0 Å². The van der Waals surface area contributed by atoms with Gasteiger partial charge in [-0.25, -0.2) is 9.97 Å². The van der Waals surface area contributed by atoms with Crippen LogP contribution in [0.1, 0.15) is 32.9 Å². The number of rotatable bonds is 3. The lowest BCUT2D eigenvalue weighted by molar-refractivity contribution is -0.117. The molecule has 0 saturated heterocycles. The Bertz CT molecular complexity index is 873. The quantitative estimate of drug-likeness (QED) is 0.790. The SMILES string of the molecule is Cc1ccn2cc(-c3ccc(NC(=O)CC(C)(C)C)cc3)nc2n1. The first kappa shape index (κ1) is 16.2. The Morgan fingerprint density at radius 3 is 2.50 bits per heavy atom. The molecule has 0 radical (unpaired) electrons. The number of nitrogens with zero attached hydrogens (tertiary/aromatic N) is 3. The monoisotopic (exact) mass is 322 g/mol. The van der Waals surface area contributed by atoms with Gasteiger partial charge in [0, 0.05) is 35.8 Å². The average molecular weight is 322 g/mol. The van der Waals surface area contributed by atoms with Crippen LogP contribution >= 0.6 is 0 Å². The Morgan fingerprint density at radius 1 is 1.12 bits per heavy atom. The summed E-state index contributed by atoms with van der Waals surface area (Å²) in [5.41, 5.74) is 3.57. The lowest BCUT2D eigenvalue weighted by Crippen LogP contribution is -2.19. The van der Waals surface area contributed by atoms with Crippen molar-refractivity contribution in [2.45, 2.75) is 34.1 Å². The van der Waals surface area contributed by atoms with E-state index in [0.29, 0.717) is 12.2 Å². The van der Waals surface area contributed by atoms with Crippen LogP contribution in [0.4, 0.5) is 5.69 Å². The molecule has 1 N–H and O–H groups in total. The maximum absolute atomic E-state index is 12.0. The predicted molar refractivity (Wildman–Crippen MR) is 95.9 cm³/mol. The second kappa shape index (κ2) is 6.07. The van der Waals surface area contributed by atoms with E-state index < -0.39 is 0 Å². The van der Waals surface area contributed by atoms with Gasteiger partial charge in [0.15, 0.2) is 0 Å². The molecule has 124 valence electrons. The topological polar surface area (TPSA) is 59.3 Å². The summed E-state index contributed by atoms with van der Waals surface area (Å²) in [6, 6.07) is 9.67. The summed E-state index contributed by atoms with van der Waals surface area (Å²) in [7, 11) is 0. The van der Waals surface area contributed by atoms with Crippen molar-refractivity contribution in [1.82, 2.24) is 14.4 Å². The Labute approximate surface area is 141 Å². The number of carbonyl (C=O) groups excluding carboxylic acids is 1. The minimum atomic E-state index is -0.0221. The first-order valence-corrected chi connectivity index (χ1v) is 8.03. The van der Waals surface area contributed by atoms with Gasteiger partial charge in [-0.3, -0.25) is 9.20 Å². The number of benzene rings is 1. The van der Waals surface area contributed by atoms with Gasteiger partial charge in [0.25, 0.3) is 0 Å². The molecule has 0 spiro atoms. The number of imidazole rings is 1. The number of anilines is 1. The maximum atomic E-state index is 12.0. The smallest absolute Gasteiger partial charge is 0.234 e. The summed E-state index contributed by atoms with van der Waals surface area (Å²) < 4.78 is 1.90. The van der Waals surface area contributed by atoms with E-state index in [1.807, 2.05) is 54.0 Å². The molecule has 0 fully saturated rings. The van der Waals surface area contributed by atoms with Crippen molar-refractivity contribution in [3.8, 4) is 11.3 Å². The standard InChI is InChI=1S/C19H22N4O/c1-13-9-10-23-12-16(22-18(23)20-13)14-5-7-15(8-6-14)21-17(24)11-19(2,3)4/h5-10,12H,11H2,1-4H3,(H,21,24). The van der Waals surface area contributed by atoms with Gasteiger partial charge in [0.2, 0.25) is 11.7 Å². The normalized spacial score (nSPS) is 11.7. The van der Waals surface area contributed by atoms with Crippen LogP contribution in [-0.2, 0) is 4.79 Å². The van der Waals surface area contributed by atoms with E-state index in [2.05, 4.69) is 36.1 Å². The van der Waals surface area contributed by atoms with Crippen LogP contribution in [0, 0.1) is 12.3 Å². The molecule has 3 aromatic rings. The van der Waals surface area contributed by atoms with Crippen molar-refractivity contribution in [3.63, 3.8) is 0 Å². The van der Waals surface area contributed by atoms with Crippen molar-refractivity contribution < 1.29 is 4.79 Å². The van der Waals surface area contributed by atoms with E-state index in [1.165, 1.54) is 0 Å². The molecule has 2 aromatic heterocycles. The van der Waals surface area contributed by atoms with Crippen molar-refractivity contribution >= 4 is 17.4 Å². The predicted octanol–water partition coefficient (Wildman–Crippen LogP) is 4.08. The second-order valence-corrected chi connectivity index (χ2v) is 7.27. The van der Waals surface area contributed by atoms with Gasteiger partial charge in [0.05, 0.1) is 5.69 Å².